The van der Waals surface area contributed by atoms with Crippen LogP contribution < -0.4 is 0 Å². The zero-order valence-electron chi connectivity index (χ0n) is 6.20. The van der Waals surface area contributed by atoms with Crippen molar-refractivity contribution in [2.75, 3.05) is 0 Å². The average molecular weight is 156 g/mol. The zero-order chi connectivity index (χ0) is 8.27. The van der Waals surface area contributed by atoms with E-state index in [1.54, 1.807) is 0 Å². The molecular weight excluding hydrogens is 147 g/mol. The summed E-state index contributed by atoms with van der Waals surface area (Å²) in [6.45, 7) is 1.65. The van der Waals surface area contributed by atoms with Crippen LogP contribution in [0.15, 0.2) is 12.4 Å². The number of alkyl halides is 1. The van der Waals surface area contributed by atoms with Crippen LogP contribution in [0.3, 0.4) is 0 Å². The van der Waals surface area contributed by atoms with Crippen LogP contribution in [-0.2, 0) is 6.54 Å². The van der Waals surface area contributed by atoms with E-state index in [1.807, 2.05) is 0 Å². The van der Waals surface area contributed by atoms with Gasteiger partial charge in [0.25, 0.3) is 0 Å². The van der Waals surface area contributed by atoms with Crippen LogP contribution in [0.25, 0.3) is 0 Å². The number of rotatable bonds is 3. The molecule has 0 aliphatic heterocycles. The number of nitrogens with zero attached hydrogens (tertiary/aromatic N) is 2. The summed E-state index contributed by atoms with van der Waals surface area (Å²) in [6.07, 6.45) is 2.68. The fourth-order valence-electron chi connectivity index (χ4n) is 0.798. The fourth-order valence-corrected chi connectivity index (χ4v) is 0.798. The minimum Gasteiger partial charge on any atom is -0.298 e. The Labute approximate surface area is 63.8 Å². The summed E-state index contributed by atoms with van der Waals surface area (Å²) in [5, 5.41) is 3.77. The molecule has 0 radical (unpaired) electrons. The SMILES string of the molecule is CC(F)Cn1cc(C=O)cn1. The molecule has 0 spiro atoms. The molecule has 0 saturated heterocycles. The zero-order valence-corrected chi connectivity index (χ0v) is 6.20. The average Bonchev–Trinajstić information content (AvgIpc) is 2.34. The molecule has 1 atom stereocenters. The third kappa shape index (κ3) is 2.14. The molecule has 4 heteroatoms. The lowest BCUT2D eigenvalue weighted by atomic mass is 10.4. The van der Waals surface area contributed by atoms with E-state index in [9.17, 15) is 9.18 Å². The molecule has 1 unspecified atom stereocenters. The van der Waals surface area contributed by atoms with E-state index in [4.69, 9.17) is 0 Å². The van der Waals surface area contributed by atoms with Gasteiger partial charge in [-0.1, -0.05) is 0 Å². The first-order chi connectivity index (χ1) is 5.22. The lowest BCUT2D eigenvalue weighted by molar-refractivity contribution is 0.112. The smallest absolute Gasteiger partial charge is 0.153 e. The number of aldehydes is 1. The van der Waals surface area contributed by atoms with Gasteiger partial charge in [0.15, 0.2) is 6.29 Å². The van der Waals surface area contributed by atoms with Gasteiger partial charge in [0.2, 0.25) is 0 Å². The highest BCUT2D eigenvalue weighted by atomic mass is 19.1. The maximum absolute atomic E-state index is 12.4. The molecule has 0 saturated carbocycles. The van der Waals surface area contributed by atoms with Crippen molar-refractivity contribution in [2.45, 2.75) is 19.6 Å². The van der Waals surface area contributed by atoms with Crippen LogP contribution in [0.5, 0.6) is 0 Å². The summed E-state index contributed by atoms with van der Waals surface area (Å²) in [4.78, 5) is 10.2. The molecule has 0 aromatic carbocycles. The quantitative estimate of drug-likeness (QED) is 0.613. The Morgan fingerprint density at radius 3 is 3.09 bits per heavy atom. The van der Waals surface area contributed by atoms with Crippen LogP contribution >= 0.6 is 0 Å². The van der Waals surface area contributed by atoms with E-state index >= 15 is 0 Å². The molecule has 0 aliphatic carbocycles. The summed E-state index contributed by atoms with van der Waals surface area (Å²) in [7, 11) is 0. The normalized spacial score (nSPS) is 12.9. The van der Waals surface area contributed by atoms with Crippen LogP contribution in [0.1, 0.15) is 17.3 Å². The minimum atomic E-state index is -0.936. The third-order valence-corrected chi connectivity index (χ3v) is 1.23. The Hall–Kier alpha value is -1.19. The van der Waals surface area contributed by atoms with Gasteiger partial charge >= 0.3 is 0 Å². The Kier molecular flexibility index (Phi) is 2.36. The molecule has 1 aromatic rings. The van der Waals surface area contributed by atoms with Crippen LogP contribution in [0, 0.1) is 0 Å². The first-order valence-electron chi connectivity index (χ1n) is 3.34. The second-order valence-corrected chi connectivity index (χ2v) is 2.39. The Balaban J connectivity index is 2.65. The summed E-state index contributed by atoms with van der Waals surface area (Å²) in [5.41, 5.74) is 0.477. The number of halogens is 1. The molecule has 0 fully saturated rings. The standard InChI is InChI=1S/C7H9FN2O/c1-6(8)3-10-4-7(5-11)2-9-10/h2,4-6H,3H2,1H3. The largest absolute Gasteiger partial charge is 0.298 e. The van der Waals surface area contributed by atoms with Gasteiger partial charge in [0.05, 0.1) is 18.3 Å². The van der Waals surface area contributed by atoms with E-state index in [-0.39, 0.29) is 6.54 Å². The van der Waals surface area contributed by atoms with Gasteiger partial charge in [0.1, 0.15) is 6.17 Å². The molecule has 0 bridgehead atoms. The molecule has 11 heavy (non-hydrogen) atoms. The second-order valence-electron chi connectivity index (χ2n) is 2.39. The highest BCUT2D eigenvalue weighted by molar-refractivity contribution is 5.73. The van der Waals surface area contributed by atoms with Crippen molar-refractivity contribution in [3.8, 4) is 0 Å². The van der Waals surface area contributed by atoms with Gasteiger partial charge in [0, 0.05) is 6.20 Å². The van der Waals surface area contributed by atoms with Crippen LogP contribution in [0.2, 0.25) is 0 Å². The lowest BCUT2D eigenvalue weighted by Gasteiger charge is -1.99. The van der Waals surface area contributed by atoms with Gasteiger partial charge in [-0.15, -0.1) is 0 Å². The molecule has 3 nitrogen and oxygen atoms in total. The van der Waals surface area contributed by atoms with Crippen LogP contribution in [-0.4, -0.2) is 22.2 Å². The predicted octanol–water partition coefficient (Wildman–Crippen LogP) is 1.05. The van der Waals surface area contributed by atoms with Crippen molar-refractivity contribution in [1.29, 1.82) is 0 Å². The molecule has 0 amide bonds. The first kappa shape index (κ1) is 7.91. The van der Waals surface area contributed by atoms with Crippen molar-refractivity contribution in [2.24, 2.45) is 0 Å². The summed E-state index contributed by atoms with van der Waals surface area (Å²) in [5.74, 6) is 0. The second kappa shape index (κ2) is 3.27. The molecule has 0 N–H and O–H groups in total. The molecule has 1 aromatic heterocycles. The third-order valence-electron chi connectivity index (χ3n) is 1.23. The fraction of sp³-hybridized carbons (Fsp3) is 0.429. The van der Waals surface area contributed by atoms with E-state index in [0.717, 1.165) is 0 Å². The molecule has 60 valence electrons. The number of hydrogen-bond donors (Lipinski definition) is 0. The Morgan fingerprint density at radius 1 is 1.91 bits per heavy atom. The minimum absolute atomic E-state index is 0.202. The van der Waals surface area contributed by atoms with Gasteiger partial charge in [-0.05, 0) is 6.92 Å². The van der Waals surface area contributed by atoms with Crippen LogP contribution in [0.4, 0.5) is 4.39 Å². The van der Waals surface area contributed by atoms with Crippen molar-refractivity contribution in [1.82, 2.24) is 9.78 Å². The van der Waals surface area contributed by atoms with Gasteiger partial charge < -0.3 is 0 Å². The summed E-state index contributed by atoms with van der Waals surface area (Å²) in [6, 6.07) is 0. The monoisotopic (exact) mass is 156 g/mol. The molecular formula is C7H9FN2O. The Bertz CT molecular complexity index is 244. The highest BCUT2D eigenvalue weighted by Gasteiger charge is 2.01. The van der Waals surface area contributed by atoms with Gasteiger partial charge in [-0.25, -0.2) is 4.39 Å². The van der Waals surface area contributed by atoms with E-state index in [2.05, 4.69) is 5.10 Å². The molecule has 1 rings (SSSR count). The number of carbonyl (C=O) groups is 1. The van der Waals surface area contributed by atoms with Crippen molar-refractivity contribution in [3.63, 3.8) is 0 Å². The lowest BCUT2D eigenvalue weighted by Crippen LogP contribution is -2.07. The van der Waals surface area contributed by atoms with E-state index in [1.165, 1.54) is 24.0 Å². The number of hydrogen-bond acceptors (Lipinski definition) is 2. The maximum atomic E-state index is 12.4. The van der Waals surface area contributed by atoms with Crippen molar-refractivity contribution in [3.05, 3.63) is 18.0 Å². The van der Waals surface area contributed by atoms with Crippen molar-refractivity contribution < 1.29 is 9.18 Å². The molecule has 0 aliphatic rings. The number of aromatic nitrogens is 2. The van der Waals surface area contributed by atoms with Crippen molar-refractivity contribution >= 4 is 6.29 Å². The highest BCUT2D eigenvalue weighted by Crippen LogP contribution is 1.97. The Morgan fingerprint density at radius 2 is 2.64 bits per heavy atom. The topological polar surface area (TPSA) is 34.9 Å². The first-order valence-corrected chi connectivity index (χ1v) is 3.34. The number of carbonyl (C=O) groups excluding carboxylic acids is 1. The van der Waals surface area contributed by atoms with E-state index in [0.29, 0.717) is 11.8 Å². The predicted molar refractivity (Wildman–Crippen MR) is 38.2 cm³/mol. The van der Waals surface area contributed by atoms with E-state index < -0.39 is 6.17 Å². The van der Waals surface area contributed by atoms with Gasteiger partial charge in [-0.2, -0.15) is 5.10 Å². The summed E-state index contributed by atoms with van der Waals surface area (Å²) < 4.78 is 13.8. The summed E-state index contributed by atoms with van der Waals surface area (Å²) >= 11 is 0. The molecule has 1 heterocycles. The van der Waals surface area contributed by atoms with Gasteiger partial charge in [-0.3, -0.25) is 9.48 Å². The maximum Gasteiger partial charge on any atom is 0.153 e.